The van der Waals surface area contributed by atoms with Gasteiger partial charge in [-0.15, -0.1) is 0 Å². The van der Waals surface area contributed by atoms with Crippen LogP contribution in [0.25, 0.3) is 0 Å². The Balaban J connectivity index is 2.09. The van der Waals surface area contributed by atoms with Gasteiger partial charge in [-0.25, -0.2) is 0 Å². The van der Waals surface area contributed by atoms with Crippen molar-refractivity contribution in [2.75, 3.05) is 13.4 Å². The molecule has 162 valence electrons. The van der Waals surface area contributed by atoms with Crippen LogP contribution in [0.15, 0.2) is 46.9 Å². The molecule has 0 fully saturated rings. The maximum absolute atomic E-state index is 15.2. The lowest BCUT2D eigenvalue weighted by molar-refractivity contribution is 0.169. The molecule has 0 saturated heterocycles. The topological polar surface area (TPSA) is 44.8 Å². The molecule has 0 bridgehead atoms. The van der Waals surface area contributed by atoms with Gasteiger partial charge in [-0.1, -0.05) is 34.4 Å². The van der Waals surface area contributed by atoms with Crippen LogP contribution in [0.2, 0.25) is 0 Å². The van der Waals surface area contributed by atoms with E-state index in [0.717, 1.165) is 32.9 Å². The van der Waals surface area contributed by atoms with Gasteiger partial charge in [0.25, 0.3) is 0 Å². The summed E-state index contributed by atoms with van der Waals surface area (Å²) < 4.78 is 33.1. The van der Waals surface area contributed by atoms with E-state index >= 15 is 4.57 Å². The maximum atomic E-state index is 15.2. The number of aryl methyl sites for hydroxylation is 4. The first-order chi connectivity index (χ1) is 14.7. The highest BCUT2D eigenvalue weighted by atomic mass is 79.9. The first-order valence-electron chi connectivity index (χ1n) is 10.3. The number of ether oxygens (including phenoxy) is 3. The normalized spacial score (nSPS) is 12.8. The van der Waals surface area contributed by atoms with Gasteiger partial charge in [0.05, 0.1) is 11.1 Å². The fourth-order valence-electron chi connectivity index (χ4n) is 4.18. The summed E-state index contributed by atoms with van der Waals surface area (Å²) in [5.74, 6) is 1.63. The molecule has 0 N–H and O–H groups in total. The van der Waals surface area contributed by atoms with E-state index in [1.165, 1.54) is 0 Å². The van der Waals surface area contributed by atoms with Crippen molar-refractivity contribution in [2.45, 2.75) is 34.6 Å². The fraction of sp³-hybridized carbons (Fsp3) is 0.280. The number of halogens is 1. The second kappa shape index (κ2) is 8.37. The average molecular weight is 501 g/mol. The molecule has 0 spiro atoms. The highest BCUT2D eigenvalue weighted by Gasteiger charge is 2.37. The van der Waals surface area contributed by atoms with E-state index in [0.29, 0.717) is 33.6 Å². The van der Waals surface area contributed by atoms with E-state index in [9.17, 15) is 0 Å². The van der Waals surface area contributed by atoms with Gasteiger partial charge in [0.2, 0.25) is 12.5 Å². The van der Waals surface area contributed by atoms with Crippen molar-refractivity contribution in [3.63, 3.8) is 0 Å². The molecule has 4 nitrogen and oxygen atoms in total. The molecule has 1 aliphatic heterocycles. The molecule has 3 aromatic rings. The second-order valence-electron chi connectivity index (χ2n) is 8.01. The van der Waals surface area contributed by atoms with Crippen LogP contribution in [0.3, 0.4) is 0 Å². The van der Waals surface area contributed by atoms with Crippen LogP contribution in [-0.2, 0) is 4.57 Å². The third kappa shape index (κ3) is 3.90. The third-order valence-corrected chi connectivity index (χ3v) is 9.40. The minimum absolute atomic E-state index is 0.106. The van der Waals surface area contributed by atoms with Crippen molar-refractivity contribution < 1.29 is 18.8 Å². The Morgan fingerprint density at radius 2 is 1.32 bits per heavy atom. The first kappa shape index (κ1) is 22.0. The SMILES string of the molecule is CCOc1cc(P(=O)(c2cc(C)cc(C)c2)c2cc(C)cc(C)c2)c(Br)c2c1OCO2. The lowest BCUT2D eigenvalue weighted by Crippen LogP contribution is -2.27. The molecule has 0 aliphatic carbocycles. The molecule has 6 heteroatoms. The second-order valence-corrected chi connectivity index (χ2v) is 11.5. The lowest BCUT2D eigenvalue weighted by atomic mass is 10.2. The third-order valence-electron chi connectivity index (χ3n) is 5.31. The molecule has 0 unspecified atom stereocenters. The zero-order valence-electron chi connectivity index (χ0n) is 18.4. The summed E-state index contributed by atoms with van der Waals surface area (Å²) in [5.41, 5.74) is 4.28. The van der Waals surface area contributed by atoms with Crippen LogP contribution >= 0.6 is 23.1 Å². The summed E-state index contributed by atoms with van der Waals surface area (Å²) >= 11 is 3.69. The van der Waals surface area contributed by atoms with E-state index in [4.69, 9.17) is 14.2 Å². The van der Waals surface area contributed by atoms with Gasteiger partial charge in [-0.2, -0.15) is 0 Å². The van der Waals surface area contributed by atoms with Crippen molar-refractivity contribution >= 4 is 39.0 Å². The largest absolute Gasteiger partial charge is 0.490 e. The Bertz CT molecular complexity index is 1120. The van der Waals surface area contributed by atoms with Crippen molar-refractivity contribution in [1.29, 1.82) is 0 Å². The predicted octanol–water partition coefficient (Wildman–Crippen LogP) is 5.45. The quantitative estimate of drug-likeness (QED) is 0.437. The van der Waals surface area contributed by atoms with Gasteiger partial charge in [0.15, 0.2) is 18.6 Å². The molecule has 0 aromatic heterocycles. The molecule has 0 atom stereocenters. The molecular weight excluding hydrogens is 475 g/mol. The lowest BCUT2D eigenvalue weighted by Gasteiger charge is -2.24. The molecule has 0 saturated carbocycles. The molecule has 4 rings (SSSR count). The first-order valence-corrected chi connectivity index (χ1v) is 12.8. The Labute approximate surface area is 192 Å². The van der Waals surface area contributed by atoms with E-state index in [1.807, 2.05) is 65.0 Å². The minimum Gasteiger partial charge on any atom is -0.490 e. The van der Waals surface area contributed by atoms with Gasteiger partial charge in [-0.3, -0.25) is 0 Å². The van der Waals surface area contributed by atoms with Crippen LogP contribution in [-0.4, -0.2) is 13.4 Å². The summed E-state index contributed by atoms with van der Waals surface area (Å²) in [6, 6.07) is 14.1. The smallest absolute Gasteiger partial charge is 0.231 e. The zero-order valence-corrected chi connectivity index (χ0v) is 20.9. The van der Waals surface area contributed by atoms with Gasteiger partial charge in [0, 0.05) is 15.9 Å². The van der Waals surface area contributed by atoms with Gasteiger partial charge in [-0.05, 0) is 80.9 Å². The van der Waals surface area contributed by atoms with Crippen LogP contribution in [0.1, 0.15) is 29.2 Å². The monoisotopic (exact) mass is 500 g/mol. The maximum Gasteiger partial charge on any atom is 0.231 e. The van der Waals surface area contributed by atoms with Crippen molar-refractivity contribution in [2.24, 2.45) is 0 Å². The van der Waals surface area contributed by atoms with Crippen molar-refractivity contribution in [1.82, 2.24) is 0 Å². The Morgan fingerprint density at radius 1 is 0.839 bits per heavy atom. The molecular formula is C25H26BrO4P. The number of fused-ring (bicyclic) bond motifs is 1. The van der Waals surface area contributed by atoms with E-state index in [-0.39, 0.29) is 6.79 Å². The summed E-state index contributed by atoms with van der Waals surface area (Å²) in [4.78, 5) is 0. The Morgan fingerprint density at radius 3 is 1.81 bits per heavy atom. The zero-order chi connectivity index (χ0) is 22.3. The number of hydrogen-bond acceptors (Lipinski definition) is 4. The number of hydrogen-bond donors (Lipinski definition) is 0. The highest BCUT2D eigenvalue weighted by molar-refractivity contribution is 9.10. The molecule has 0 radical (unpaired) electrons. The number of rotatable bonds is 5. The minimum atomic E-state index is -3.27. The fourth-order valence-corrected chi connectivity index (χ4v) is 8.41. The van der Waals surface area contributed by atoms with Crippen molar-refractivity contribution in [3.05, 3.63) is 69.2 Å². The summed E-state index contributed by atoms with van der Waals surface area (Å²) in [6.07, 6.45) is 0. The van der Waals surface area contributed by atoms with Gasteiger partial charge in [0.1, 0.15) is 0 Å². The van der Waals surface area contributed by atoms with E-state index in [2.05, 4.69) is 28.1 Å². The highest BCUT2D eigenvalue weighted by Crippen LogP contribution is 2.53. The van der Waals surface area contributed by atoms with Crippen LogP contribution < -0.4 is 30.1 Å². The van der Waals surface area contributed by atoms with Crippen molar-refractivity contribution in [3.8, 4) is 17.2 Å². The molecule has 1 aliphatic rings. The summed E-state index contributed by atoms with van der Waals surface area (Å²) in [5, 5.41) is 2.23. The molecule has 1 heterocycles. The molecule has 3 aromatic carbocycles. The van der Waals surface area contributed by atoms with Gasteiger partial charge < -0.3 is 18.8 Å². The number of benzene rings is 3. The van der Waals surface area contributed by atoms with Crippen LogP contribution in [0.4, 0.5) is 0 Å². The Kier molecular flexibility index (Phi) is 5.93. The van der Waals surface area contributed by atoms with Crippen LogP contribution in [0, 0.1) is 27.7 Å². The summed E-state index contributed by atoms with van der Waals surface area (Å²) in [7, 11) is -3.27. The molecule has 31 heavy (non-hydrogen) atoms. The standard InChI is InChI=1S/C25H26BrO4P/c1-6-28-21-13-22(23(26)25-24(21)29-14-30-25)31(27,19-9-15(2)7-16(3)10-19)20-11-17(4)8-18(5)12-20/h7-13H,6,14H2,1-5H3. The average Bonchev–Trinajstić information content (AvgIpc) is 3.19. The predicted molar refractivity (Wildman–Crippen MR) is 130 cm³/mol. The van der Waals surface area contributed by atoms with E-state index < -0.39 is 7.14 Å². The van der Waals surface area contributed by atoms with Gasteiger partial charge >= 0.3 is 0 Å². The van der Waals surface area contributed by atoms with Crippen LogP contribution in [0.5, 0.6) is 17.2 Å². The van der Waals surface area contributed by atoms with E-state index in [1.54, 1.807) is 0 Å². The Hall–Kier alpha value is -2.23. The summed E-state index contributed by atoms with van der Waals surface area (Å²) in [6.45, 7) is 10.6. The molecule has 0 amide bonds.